The lowest BCUT2D eigenvalue weighted by molar-refractivity contribution is -0.168. The fourth-order valence-corrected chi connectivity index (χ4v) is 3.77. The Morgan fingerprint density at radius 1 is 0.875 bits per heavy atom. The molecule has 1 aliphatic rings. The van der Waals surface area contributed by atoms with E-state index in [-0.39, 0.29) is 18.4 Å². The highest BCUT2D eigenvalue weighted by atomic mass is 16.5. The summed E-state index contributed by atoms with van der Waals surface area (Å²) in [5, 5.41) is 9.71. The fourth-order valence-electron chi connectivity index (χ4n) is 3.77. The Hall–Kier alpha value is -2.62. The van der Waals surface area contributed by atoms with Crippen molar-refractivity contribution < 1.29 is 19.4 Å². The molecular formula is C20H20O4. The molecule has 4 heteroatoms. The molecule has 0 aromatic heterocycles. The molecule has 1 fully saturated rings. The topological polar surface area (TPSA) is 63.6 Å². The summed E-state index contributed by atoms with van der Waals surface area (Å²) in [7, 11) is 0. The number of aliphatic carboxylic acids is 1. The van der Waals surface area contributed by atoms with Gasteiger partial charge in [0.25, 0.3) is 0 Å². The van der Waals surface area contributed by atoms with E-state index in [1.165, 1.54) is 0 Å². The van der Waals surface area contributed by atoms with Crippen molar-refractivity contribution >= 4 is 11.9 Å². The summed E-state index contributed by atoms with van der Waals surface area (Å²) < 4.78 is 5.16. The van der Waals surface area contributed by atoms with Gasteiger partial charge in [-0.1, -0.05) is 60.7 Å². The van der Waals surface area contributed by atoms with Crippen molar-refractivity contribution in [3.63, 3.8) is 0 Å². The number of carboxylic acid groups (broad SMARTS) is 1. The minimum atomic E-state index is -0.950. The van der Waals surface area contributed by atoms with Crippen LogP contribution in [0.1, 0.15) is 29.9 Å². The Morgan fingerprint density at radius 3 is 1.75 bits per heavy atom. The third-order valence-electron chi connectivity index (χ3n) is 4.76. The van der Waals surface area contributed by atoms with Crippen LogP contribution in [0.4, 0.5) is 0 Å². The molecule has 1 saturated carbocycles. The molecule has 4 unspecified atom stereocenters. The van der Waals surface area contributed by atoms with Gasteiger partial charge in [0.15, 0.2) is 0 Å². The number of carbonyl (C=O) groups is 2. The van der Waals surface area contributed by atoms with Crippen molar-refractivity contribution in [1.82, 2.24) is 0 Å². The van der Waals surface area contributed by atoms with Crippen LogP contribution < -0.4 is 0 Å². The summed E-state index contributed by atoms with van der Waals surface area (Å²) in [6.45, 7) is 1.98. The molecule has 1 N–H and O–H groups in total. The van der Waals surface area contributed by atoms with Gasteiger partial charge in [0.1, 0.15) is 0 Å². The highest BCUT2D eigenvalue weighted by molar-refractivity contribution is 5.86. The first-order valence-corrected chi connectivity index (χ1v) is 8.14. The van der Waals surface area contributed by atoms with E-state index in [4.69, 9.17) is 4.74 Å². The Labute approximate surface area is 141 Å². The van der Waals surface area contributed by atoms with Gasteiger partial charge in [0.05, 0.1) is 18.4 Å². The van der Waals surface area contributed by atoms with Gasteiger partial charge in [-0.2, -0.15) is 0 Å². The van der Waals surface area contributed by atoms with Crippen molar-refractivity contribution in [1.29, 1.82) is 0 Å². The Bertz CT molecular complexity index is 711. The lowest BCUT2D eigenvalue weighted by atomic mass is 9.52. The van der Waals surface area contributed by atoms with E-state index >= 15 is 0 Å². The molecule has 2 aromatic carbocycles. The molecule has 0 aliphatic heterocycles. The second-order valence-corrected chi connectivity index (χ2v) is 6.01. The third kappa shape index (κ3) is 2.80. The van der Waals surface area contributed by atoms with E-state index in [1.807, 2.05) is 60.7 Å². The monoisotopic (exact) mass is 324 g/mol. The summed E-state index contributed by atoms with van der Waals surface area (Å²) in [5.74, 6) is -3.22. The summed E-state index contributed by atoms with van der Waals surface area (Å²) in [6, 6.07) is 19.2. The number of esters is 1. The van der Waals surface area contributed by atoms with Crippen LogP contribution in [0.5, 0.6) is 0 Å². The summed E-state index contributed by atoms with van der Waals surface area (Å²) in [4.78, 5) is 24.3. The number of hydrogen-bond acceptors (Lipinski definition) is 3. The number of hydrogen-bond donors (Lipinski definition) is 1. The standard InChI is InChI=1S/C20H20O4/c1-2-24-20(23)18-16(14-11-7-4-8-12-14)15(17(18)19(21)22)13-9-5-3-6-10-13/h3-12,15-18H,2H2,1H3,(H,21,22). The normalized spacial score (nSPS) is 25.5. The molecule has 0 bridgehead atoms. The van der Waals surface area contributed by atoms with Crippen LogP contribution in [0.25, 0.3) is 0 Å². The fraction of sp³-hybridized carbons (Fsp3) is 0.300. The zero-order chi connectivity index (χ0) is 17.1. The van der Waals surface area contributed by atoms with Gasteiger partial charge < -0.3 is 9.84 Å². The van der Waals surface area contributed by atoms with E-state index in [0.29, 0.717) is 0 Å². The Morgan fingerprint density at radius 2 is 1.33 bits per heavy atom. The van der Waals surface area contributed by atoms with Gasteiger partial charge in [-0.15, -0.1) is 0 Å². The molecular weight excluding hydrogens is 304 g/mol. The number of carboxylic acids is 1. The number of ether oxygens (including phenoxy) is 1. The zero-order valence-corrected chi connectivity index (χ0v) is 13.5. The second kappa shape index (κ2) is 6.87. The minimum Gasteiger partial charge on any atom is -0.481 e. The third-order valence-corrected chi connectivity index (χ3v) is 4.76. The maximum atomic E-state index is 12.4. The predicted octanol–water partition coefficient (Wildman–Crippen LogP) is 3.45. The summed E-state index contributed by atoms with van der Waals surface area (Å²) in [5.41, 5.74) is 1.92. The number of carbonyl (C=O) groups excluding carboxylic acids is 1. The molecule has 0 spiro atoms. The molecule has 0 amide bonds. The van der Waals surface area contributed by atoms with Crippen molar-refractivity contribution in [3.8, 4) is 0 Å². The van der Waals surface area contributed by atoms with E-state index in [1.54, 1.807) is 6.92 Å². The van der Waals surface area contributed by atoms with Gasteiger partial charge in [0, 0.05) is 11.8 Å². The minimum absolute atomic E-state index is 0.186. The lowest BCUT2D eigenvalue weighted by Crippen LogP contribution is -2.51. The summed E-state index contributed by atoms with van der Waals surface area (Å²) >= 11 is 0. The highest BCUT2D eigenvalue weighted by Crippen LogP contribution is 2.58. The van der Waals surface area contributed by atoms with Gasteiger partial charge >= 0.3 is 11.9 Å². The molecule has 0 radical (unpaired) electrons. The van der Waals surface area contributed by atoms with Crippen molar-refractivity contribution in [2.24, 2.45) is 11.8 Å². The quantitative estimate of drug-likeness (QED) is 0.856. The lowest BCUT2D eigenvalue weighted by Gasteiger charge is -2.49. The largest absolute Gasteiger partial charge is 0.481 e. The van der Waals surface area contributed by atoms with Crippen LogP contribution in [0, 0.1) is 11.8 Å². The van der Waals surface area contributed by atoms with Crippen LogP contribution in [0.2, 0.25) is 0 Å². The van der Waals surface area contributed by atoms with E-state index in [0.717, 1.165) is 11.1 Å². The Balaban J connectivity index is 2.04. The first-order chi connectivity index (χ1) is 11.6. The second-order valence-electron chi connectivity index (χ2n) is 6.01. The molecule has 4 nitrogen and oxygen atoms in total. The van der Waals surface area contributed by atoms with Crippen LogP contribution >= 0.6 is 0 Å². The van der Waals surface area contributed by atoms with Gasteiger partial charge in [0.2, 0.25) is 0 Å². The van der Waals surface area contributed by atoms with Crippen LogP contribution in [0.15, 0.2) is 60.7 Å². The van der Waals surface area contributed by atoms with Gasteiger partial charge in [-0.25, -0.2) is 0 Å². The van der Waals surface area contributed by atoms with Gasteiger partial charge in [-0.05, 0) is 18.1 Å². The smallest absolute Gasteiger partial charge is 0.310 e. The molecule has 124 valence electrons. The van der Waals surface area contributed by atoms with Crippen LogP contribution in [-0.4, -0.2) is 23.7 Å². The number of benzene rings is 2. The number of rotatable bonds is 5. The molecule has 24 heavy (non-hydrogen) atoms. The van der Waals surface area contributed by atoms with Crippen molar-refractivity contribution in [3.05, 3.63) is 71.8 Å². The first kappa shape index (κ1) is 16.2. The highest BCUT2D eigenvalue weighted by Gasteiger charge is 2.59. The average Bonchev–Trinajstić information content (AvgIpc) is 2.56. The SMILES string of the molecule is CCOC(=O)C1C(C(=O)O)C(c2ccccc2)C1c1ccccc1. The van der Waals surface area contributed by atoms with E-state index < -0.39 is 23.8 Å². The predicted molar refractivity (Wildman–Crippen MR) is 89.6 cm³/mol. The average molecular weight is 324 g/mol. The van der Waals surface area contributed by atoms with Crippen molar-refractivity contribution in [2.75, 3.05) is 6.61 Å². The van der Waals surface area contributed by atoms with E-state index in [2.05, 4.69) is 0 Å². The van der Waals surface area contributed by atoms with E-state index in [9.17, 15) is 14.7 Å². The summed E-state index contributed by atoms with van der Waals surface area (Å²) in [6.07, 6.45) is 0. The molecule has 2 aromatic rings. The maximum absolute atomic E-state index is 12.4. The van der Waals surface area contributed by atoms with Crippen LogP contribution in [-0.2, 0) is 14.3 Å². The molecule has 0 heterocycles. The molecule has 0 saturated heterocycles. The van der Waals surface area contributed by atoms with Crippen molar-refractivity contribution in [2.45, 2.75) is 18.8 Å². The first-order valence-electron chi connectivity index (χ1n) is 8.14. The zero-order valence-electron chi connectivity index (χ0n) is 13.5. The van der Waals surface area contributed by atoms with Crippen LogP contribution in [0.3, 0.4) is 0 Å². The Kier molecular flexibility index (Phi) is 4.65. The molecule has 1 aliphatic carbocycles. The molecule has 3 rings (SSSR count). The molecule has 4 atom stereocenters. The maximum Gasteiger partial charge on any atom is 0.310 e. The van der Waals surface area contributed by atoms with Gasteiger partial charge in [-0.3, -0.25) is 9.59 Å².